The van der Waals surface area contributed by atoms with Gasteiger partial charge in [-0.25, -0.2) is 9.97 Å². The van der Waals surface area contributed by atoms with E-state index in [9.17, 15) is 0 Å². The molecule has 0 radical (unpaired) electrons. The Bertz CT molecular complexity index is 646. The Morgan fingerprint density at radius 3 is 2.84 bits per heavy atom. The van der Waals surface area contributed by atoms with Gasteiger partial charge in [0.1, 0.15) is 10.9 Å². The predicted octanol–water partition coefficient (Wildman–Crippen LogP) is 4.06. The van der Waals surface area contributed by atoms with Crippen LogP contribution in [0.4, 0.5) is 0 Å². The lowest BCUT2D eigenvalue weighted by atomic mass is 10.2. The Hall–Kier alpha value is -1.13. The predicted molar refractivity (Wildman–Crippen MR) is 78.8 cm³/mol. The van der Waals surface area contributed by atoms with Crippen molar-refractivity contribution >= 4 is 27.5 Å². The molecule has 98 valence electrons. The molecule has 3 rings (SSSR count). The van der Waals surface area contributed by atoms with Crippen LogP contribution < -0.4 is 4.74 Å². The van der Waals surface area contributed by atoms with Crippen molar-refractivity contribution in [2.45, 2.75) is 19.3 Å². The molecule has 0 aliphatic heterocycles. The van der Waals surface area contributed by atoms with Crippen LogP contribution in [0.25, 0.3) is 11.4 Å². The zero-order valence-electron chi connectivity index (χ0n) is 10.4. The van der Waals surface area contributed by atoms with E-state index < -0.39 is 0 Å². The van der Waals surface area contributed by atoms with Crippen molar-refractivity contribution < 1.29 is 4.74 Å². The number of halogens is 2. The third kappa shape index (κ3) is 2.35. The number of benzene rings is 1. The minimum absolute atomic E-state index is 0.587. The standard InChI is InChI=1S/C14H12BrClN2O/c1-19-12-6-5-8(7-10(12)15)14-17-11-4-2-3-9(11)13(16)18-14/h5-7H,2-4H2,1H3. The first-order valence-corrected chi connectivity index (χ1v) is 7.25. The van der Waals surface area contributed by atoms with Crippen molar-refractivity contribution in [1.82, 2.24) is 9.97 Å². The van der Waals surface area contributed by atoms with Gasteiger partial charge in [-0.2, -0.15) is 0 Å². The van der Waals surface area contributed by atoms with E-state index in [4.69, 9.17) is 16.3 Å². The molecule has 1 heterocycles. The number of ether oxygens (including phenoxy) is 1. The normalized spacial score (nSPS) is 13.4. The first-order valence-electron chi connectivity index (χ1n) is 6.08. The topological polar surface area (TPSA) is 35.0 Å². The van der Waals surface area contributed by atoms with Crippen LogP contribution in [-0.4, -0.2) is 17.1 Å². The van der Waals surface area contributed by atoms with Crippen LogP contribution in [0.15, 0.2) is 22.7 Å². The quantitative estimate of drug-likeness (QED) is 0.774. The van der Waals surface area contributed by atoms with E-state index in [0.717, 1.165) is 46.3 Å². The molecule has 0 saturated carbocycles. The van der Waals surface area contributed by atoms with E-state index in [1.165, 1.54) is 0 Å². The van der Waals surface area contributed by atoms with E-state index in [1.807, 2.05) is 18.2 Å². The fraction of sp³-hybridized carbons (Fsp3) is 0.286. The number of hydrogen-bond acceptors (Lipinski definition) is 3. The molecule has 1 aromatic carbocycles. The maximum Gasteiger partial charge on any atom is 0.161 e. The van der Waals surface area contributed by atoms with Gasteiger partial charge < -0.3 is 4.74 Å². The van der Waals surface area contributed by atoms with Crippen LogP contribution in [0.2, 0.25) is 5.15 Å². The molecule has 0 bridgehead atoms. The van der Waals surface area contributed by atoms with Gasteiger partial charge in [-0.3, -0.25) is 0 Å². The molecule has 1 aromatic heterocycles. The monoisotopic (exact) mass is 338 g/mol. The third-order valence-corrected chi connectivity index (χ3v) is 4.22. The van der Waals surface area contributed by atoms with Crippen LogP contribution in [-0.2, 0) is 12.8 Å². The van der Waals surface area contributed by atoms with E-state index >= 15 is 0 Å². The van der Waals surface area contributed by atoms with E-state index in [1.54, 1.807) is 7.11 Å². The van der Waals surface area contributed by atoms with Crippen molar-refractivity contribution in [3.8, 4) is 17.1 Å². The molecule has 0 saturated heterocycles. The number of nitrogens with zero attached hydrogens (tertiary/aromatic N) is 2. The zero-order valence-corrected chi connectivity index (χ0v) is 12.8. The molecule has 1 aliphatic carbocycles. The summed E-state index contributed by atoms with van der Waals surface area (Å²) in [7, 11) is 1.64. The average molecular weight is 340 g/mol. The highest BCUT2D eigenvalue weighted by atomic mass is 79.9. The summed E-state index contributed by atoms with van der Waals surface area (Å²) in [5, 5.41) is 0.587. The molecule has 5 heteroatoms. The third-order valence-electron chi connectivity index (χ3n) is 3.29. The van der Waals surface area contributed by atoms with Crippen molar-refractivity contribution in [1.29, 1.82) is 0 Å². The van der Waals surface area contributed by atoms with Crippen molar-refractivity contribution in [3.05, 3.63) is 39.1 Å². The Balaban J connectivity index is 2.07. The fourth-order valence-corrected chi connectivity index (χ4v) is 3.15. The van der Waals surface area contributed by atoms with Crippen molar-refractivity contribution in [2.75, 3.05) is 7.11 Å². The SMILES string of the molecule is COc1ccc(-c2nc(Cl)c3c(n2)CCC3)cc1Br. The molecular formula is C14H12BrClN2O. The lowest BCUT2D eigenvalue weighted by molar-refractivity contribution is 0.412. The molecule has 0 spiro atoms. The van der Waals surface area contributed by atoms with E-state index in [2.05, 4.69) is 25.9 Å². The lowest BCUT2D eigenvalue weighted by Crippen LogP contribution is -1.97. The van der Waals surface area contributed by atoms with Crippen molar-refractivity contribution in [3.63, 3.8) is 0 Å². The summed E-state index contributed by atoms with van der Waals surface area (Å²) < 4.78 is 6.10. The van der Waals surface area contributed by atoms with Gasteiger partial charge in [0.05, 0.1) is 11.6 Å². The highest BCUT2D eigenvalue weighted by Gasteiger charge is 2.19. The summed E-state index contributed by atoms with van der Waals surface area (Å²) in [6, 6.07) is 5.78. The summed E-state index contributed by atoms with van der Waals surface area (Å²) in [6.07, 6.45) is 3.09. The van der Waals surface area contributed by atoms with Gasteiger partial charge >= 0.3 is 0 Å². The van der Waals surface area contributed by atoms with Gasteiger partial charge in [0.15, 0.2) is 5.82 Å². The maximum absolute atomic E-state index is 6.24. The van der Waals surface area contributed by atoms with Crippen LogP contribution in [0.1, 0.15) is 17.7 Å². The highest BCUT2D eigenvalue weighted by Crippen LogP contribution is 2.32. The molecule has 1 aliphatic rings. The highest BCUT2D eigenvalue weighted by molar-refractivity contribution is 9.10. The molecule has 0 N–H and O–H groups in total. The van der Waals surface area contributed by atoms with Crippen LogP contribution >= 0.6 is 27.5 Å². The summed E-state index contributed by atoms with van der Waals surface area (Å²) in [5.41, 5.74) is 3.13. The van der Waals surface area contributed by atoms with Crippen LogP contribution in [0, 0.1) is 0 Å². The Kier molecular flexibility index (Phi) is 3.46. The molecule has 0 atom stereocenters. The summed E-state index contributed by atoms with van der Waals surface area (Å²) >= 11 is 9.71. The minimum Gasteiger partial charge on any atom is -0.496 e. The molecule has 0 amide bonds. The minimum atomic E-state index is 0.587. The second-order valence-corrected chi connectivity index (χ2v) is 5.68. The van der Waals surface area contributed by atoms with E-state index in [-0.39, 0.29) is 0 Å². The molecule has 19 heavy (non-hydrogen) atoms. The van der Waals surface area contributed by atoms with E-state index in [0.29, 0.717) is 11.0 Å². The first-order chi connectivity index (χ1) is 9.19. The summed E-state index contributed by atoms with van der Waals surface area (Å²) in [4.78, 5) is 9.03. The lowest BCUT2D eigenvalue weighted by Gasteiger charge is -2.08. The van der Waals surface area contributed by atoms with Gasteiger partial charge in [-0.1, -0.05) is 11.6 Å². The Morgan fingerprint density at radius 1 is 1.26 bits per heavy atom. The number of methoxy groups -OCH3 is 1. The van der Waals surface area contributed by atoms with Gasteiger partial charge in [0, 0.05) is 16.8 Å². The fourth-order valence-electron chi connectivity index (χ4n) is 2.32. The summed E-state index contributed by atoms with van der Waals surface area (Å²) in [5.74, 6) is 1.46. The van der Waals surface area contributed by atoms with Gasteiger partial charge in [0.25, 0.3) is 0 Å². The number of rotatable bonds is 2. The largest absolute Gasteiger partial charge is 0.496 e. The van der Waals surface area contributed by atoms with Crippen LogP contribution in [0.3, 0.4) is 0 Å². The Morgan fingerprint density at radius 2 is 2.11 bits per heavy atom. The van der Waals surface area contributed by atoms with Crippen LogP contribution in [0.5, 0.6) is 5.75 Å². The number of hydrogen-bond donors (Lipinski definition) is 0. The number of aryl methyl sites for hydroxylation is 1. The smallest absolute Gasteiger partial charge is 0.161 e. The zero-order chi connectivity index (χ0) is 13.4. The second-order valence-electron chi connectivity index (χ2n) is 4.47. The Labute approximate surface area is 125 Å². The van der Waals surface area contributed by atoms with Gasteiger partial charge in [0.2, 0.25) is 0 Å². The molecule has 0 fully saturated rings. The second kappa shape index (κ2) is 5.10. The van der Waals surface area contributed by atoms with Gasteiger partial charge in [-0.05, 0) is 53.4 Å². The molecule has 2 aromatic rings. The number of fused-ring (bicyclic) bond motifs is 1. The van der Waals surface area contributed by atoms with Gasteiger partial charge in [-0.15, -0.1) is 0 Å². The van der Waals surface area contributed by atoms with Crippen molar-refractivity contribution in [2.24, 2.45) is 0 Å². The first kappa shape index (κ1) is 12.9. The molecule has 3 nitrogen and oxygen atoms in total. The molecular weight excluding hydrogens is 328 g/mol. The maximum atomic E-state index is 6.24. The molecule has 0 unspecified atom stereocenters. The summed E-state index contributed by atoms with van der Waals surface area (Å²) in [6.45, 7) is 0. The average Bonchev–Trinajstić information content (AvgIpc) is 2.87. The number of aromatic nitrogens is 2.